The van der Waals surface area contributed by atoms with Gasteiger partial charge in [-0.3, -0.25) is 4.79 Å². The highest BCUT2D eigenvalue weighted by molar-refractivity contribution is 6.01. The second kappa shape index (κ2) is 6.35. The molecule has 0 saturated carbocycles. The van der Waals surface area contributed by atoms with Crippen LogP contribution in [0.4, 0.5) is 0 Å². The molecule has 24 heavy (non-hydrogen) atoms. The van der Waals surface area contributed by atoms with Gasteiger partial charge < -0.3 is 14.6 Å². The van der Waals surface area contributed by atoms with Crippen molar-refractivity contribution in [1.29, 1.82) is 0 Å². The van der Waals surface area contributed by atoms with Crippen molar-refractivity contribution in [2.45, 2.75) is 18.8 Å². The summed E-state index contributed by atoms with van der Waals surface area (Å²) >= 11 is 0. The van der Waals surface area contributed by atoms with Crippen LogP contribution < -0.4 is 4.74 Å². The molecule has 122 valence electrons. The summed E-state index contributed by atoms with van der Waals surface area (Å²) in [6.45, 7) is 1.48. The van der Waals surface area contributed by atoms with Gasteiger partial charge in [0.25, 0.3) is 5.91 Å². The number of ether oxygens (including phenoxy) is 1. The molecule has 1 N–H and O–H groups in total. The predicted molar refractivity (Wildman–Crippen MR) is 91.3 cm³/mol. The Morgan fingerprint density at radius 3 is 3.12 bits per heavy atom. The molecule has 1 amide bonds. The van der Waals surface area contributed by atoms with E-state index in [4.69, 9.17) is 4.74 Å². The number of benzene rings is 1. The Kier molecular flexibility index (Phi) is 3.91. The van der Waals surface area contributed by atoms with Crippen molar-refractivity contribution in [3.8, 4) is 5.75 Å². The number of fused-ring (bicyclic) bond motifs is 1. The number of imidazole rings is 1. The number of carbonyl (C=O) groups excluding carboxylic acids is 1. The lowest BCUT2D eigenvalue weighted by Gasteiger charge is -2.32. The Morgan fingerprint density at radius 1 is 1.33 bits per heavy atom. The number of para-hydroxylation sites is 1. The number of nitrogens with one attached hydrogen (secondary N) is 1. The molecule has 1 atom stereocenters. The van der Waals surface area contributed by atoms with Crippen LogP contribution in [-0.2, 0) is 4.79 Å². The van der Waals surface area contributed by atoms with Gasteiger partial charge in [0.05, 0.1) is 6.26 Å². The first-order valence-electron chi connectivity index (χ1n) is 8.24. The van der Waals surface area contributed by atoms with Crippen molar-refractivity contribution in [3.63, 3.8) is 0 Å². The average Bonchev–Trinajstić information content (AvgIpc) is 3.08. The summed E-state index contributed by atoms with van der Waals surface area (Å²) in [7, 11) is 0. The quantitative estimate of drug-likeness (QED) is 0.924. The molecule has 0 unspecified atom stereocenters. The summed E-state index contributed by atoms with van der Waals surface area (Å²) in [5.41, 5.74) is 1.57. The van der Waals surface area contributed by atoms with E-state index in [-0.39, 0.29) is 11.8 Å². The van der Waals surface area contributed by atoms with Crippen LogP contribution in [0.1, 0.15) is 30.1 Å². The number of piperidine rings is 1. The van der Waals surface area contributed by atoms with Gasteiger partial charge >= 0.3 is 0 Å². The van der Waals surface area contributed by atoms with Gasteiger partial charge in [-0.25, -0.2) is 4.98 Å². The minimum Gasteiger partial charge on any atom is -0.464 e. The third-order valence-electron chi connectivity index (χ3n) is 4.53. The molecule has 1 fully saturated rings. The van der Waals surface area contributed by atoms with Crippen molar-refractivity contribution in [1.82, 2.24) is 14.9 Å². The molecular weight excluding hydrogens is 302 g/mol. The highest BCUT2D eigenvalue weighted by atomic mass is 16.5. The van der Waals surface area contributed by atoms with E-state index in [1.54, 1.807) is 18.5 Å². The van der Waals surface area contributed by atoms with Crippen molar-refractivity contribution in [2.75, 3.05) is 13.1 Å². The third kappa shape index (κ3) is 2.85. The topological polar surface area (TPSA) is 58.2 Å². The first-order valence-corrected chi connectivity index (χ1v) is 8.24. The number of carbonyl (C=O) groups is 1. The molecule has 0 radical (unpaired) electrons. The molecule has 5 nitrogen and oxygen atoms in total. The molecular formula is C19H19N3O2. The van der Waals surface area contributed by atoms with E-state index in [0.717, 1.165) is 36.5 Å². The van der Waals surface area contributed by atoms with E-state index in [0.29, 0.717) is 12.1 Å². The van der Waals surface area contributed by atoms with Gasteiger partial charge in [-0.1, -0.05) is 18.2 Å². The zero-order chi connectivity index (χ0) is 16.4. The minimum absolute atomic E-state index is 0.0443. The second-order valence-electron chi connectivity index (χ2n) is 6.12. The second-order valence-corrected chi connectivity index (χ2v) is 6.12. The Labute approximate surface area is 140 Å². The van der Waals surface area contributed by atoms with Crippen LogP contribution in [-0.4, -0.2) is 33.9 Å². The molecule has 0 aliphatic carbocycles. The van der Waals surface area contributed by atoms with E-state index in [9.17, 15) is 4.79 Å². The minimum atomic E-state index is 0.0443. The Morgan fingerprint density at radius 2 is 2.25 bits per heavy atom. The lowest BCUT2D eigenvalue weighted by Crippen LogP contribution is -2.39. The third-order valence-corrected chi connectivity index (χ3v) is 4.53. The molecule has 3 heterocycles. The van der Waals surface area contributed by atoms with E-state index >= 15 is 0 Å². The zero-order valence-corrected chi connectivity index (χ0v) is 13.3. The van der Waals surface area contributed by atoms with Crippen LogP contribution in [0.15, 0.2) is 54.6 Å². The van der Waals surface area contributed by atoms with Gasteiger partial charge in [0.1, 0.15) is 11.6 Å². The first-order chi connectivity index (χ1) is 11.8. The monoisotopic (exact) mass is 321 g/mol. The summed E-state index contributed by atoms with van der Waals surface area (Å²) < 4.78 is 5.58. The molecule has 1 aromatic carbocycles. The molecule has 4 rings (SSSR count). The number of aromatic nitrogens is 2. The van der Waals surface area contributed by atoms with Crippen LogP contribution in [0.25, 0.3) is 6.08 Å². The lowest BCUT2D eigenvalue weighted by molar-refractivity contribution is -0.127. The standard InChI is InChI=1S/C19H19N3O2/c23-19(15-7-11-24-17-6-2-1-4-14(17)12-15)22-10-3-5-16(13-22)18-20-8-9-21-18/h1-2,4,6-9,11-12,16H,3,5,10,13H2,(H,20,21)/t16-/m0/s1. The van der Waals surface area contributed by atoms with Crippen molar-refractivity contribution in [2.24, 2.45) is 0 Å². The highest BCUT2D eigenvalue weighted by Gasteiger charge is 2.27. The predicted octanol–water partition coefficient (Wildman–Crippen LogP) is 3.11. The normalized spacial score (nSPS) is 19.9. The van der Waals surface area contributed by atoms with Gasteiger partial charge in [0.2, 0.25) is 0 Å². The number of rotatable bonds is 2. The summed E-state index contributed by atoms with van der Waals surface area (Å²) in [5, 5.41) is 0. The highest BCUT2D eigenvalue weighted by Crippen LogP contribution is 2.28. The molecule has 0 bridgehead atoms. The Hall–Kier alpha value is -2.82. The van der Waals surface area contributed by atoms with E-state index in [1.807, 2.05) is 41.4 Å². The Bertz CT molecular complexity index is 793. The van der Waals surface area contributed by atoms with Crippen molar-refractivity contribution >= 4 is 12.0 Å². The molecule has 2 aliphatic heterocycles. The largest absolute Gasteiger partial charge is 0.464 e. The van der Waals surface area contributed by atoms with Gasteiger partial charge in [-0.15, -0.1) is 0 Å². The number of amides is 1. The van der Waals surface area contributed by atoms with Crippen molar-refractivity contribution < 1.29 is 9.53 Å². The summed E-state index contributed by atoms with van der Waals surface area (Å²) in [5.74, 6) is 2.05. The van der Waals surface area contributed by atoms with Crippen LogP contribution in [0.3, 0.4) is 0 Å². The number of hydrogen-bond donors (Lipinski definition) is 1. The average molecular weight is 321 g/mol. The van der Waals surface area contributed by atoms with Gasteiger partial charge in [0, 0.05) is 42.5 Å². The number of nitrogens with zero attached hydrogens (tertiary/aromatic N) is 2. The molecule has 0 spiro atoms. The molecule has 1 saturated heterocycles. The maximum Gasteiger partial charge on any atom is 0.254 e. The molecule has 2 aliphatic rings. The fourth-order valence-corrected chi connectivity index (χ4v) is 3.30. The van der Waals surface area contributed by atoms with E-state index in [2.05, 4.69) is 9.97 Å². The number of likely N-dealkylation sites (tertiary alicyclic amines) is 1. The van der Waals surface area contributed by atoms with E-state index in [1.165, 1.54) is 0 Å². The SMILES string of the molecule is O=C(C1=Cc2ccccc2OC=C1)N1CCC[C@H](c2ncc[nH]2)C1. The van der Waals surface area contributed by atoms with Crippen LogP contribution in [0.2, 0.25) is 0 Å². The maximum atomic E-state index is 13.0. The smallest absolute Gasteiger partial charge is 0.254 e. The number of hydrogen-bond acceptors (Lipinski definition) is 3. The van der Waals surface area contributed by atoms with Crippen molar-refractivity contribution in [3.05, 3.63) is 66.0 Å². The fraction of sp³-hybridized carbons (Fsp3) is 0.263. The van der Waals surface area contributed by atoms with Crippen LogP contribution in [0.5, 0.6) is 5.75 Å². The lowest BCUT2D eigenvalue weighted by atomic mass is 9.96. The van der Waals surface area contributed by atoms with Crippen LogP contribution in [0, 0.1) is 0 Å². The van der Waals surface area contributed by atoms with Crippen LogP contribution >= 0.6 is 0 Å². The summed E-state index contributed by atoms with van der Waals surface area (Å²) in [6, 6.07) is 7.72. The fourth-order valence-electron chi connectivity index (χ4n) is 3.30. The first kappa shape index (κ1) is 14.8. The molecule has 1 aromatic heterocycles. The molecule has 5 heteroatoms. The van der Waals surface area contributed by atoms with E-state index < -0.39 is 0 Å². The zero-order valence-electron chi connectivity index (χ0n) is 13.3. The summed E-state index contributed by atoms with van der Waals surface area (Å²) in [4.78, 5) is 22.4. The number of aromatic amines is 1. The van der Waals surface area contributed by atoms with Gasteiger partial charge in [-0.05, 0) is 31.1 Å². The Balaban J connectivity index is 1.56. The molecule has 2 aromatic rings. The number of H-pyrrole nitrogens is 1. The van der Waals surface area contributed by atoms with Gasteiger partial charge in [0.15, 0.2) is 0 Å². The van der Waals surface area contributed by atoms with Gasteiger partial charge in [-0.2, -0.15) is 0 Å². The summed E-state index contributed by atoms with van der Waals surface area (Å²) in [6.07, 6.45) is 10.9. The maximum absolute atomic E-state index is 13.0.